The molecular formula is C16H28IN3O. The Kier molecular flexibility index (Phi) is 8.89. The van der Waals surface area contributed by atoms with Crippen molar-refractivity contribution in [2.75, 3.05) is 20.3 Å². The largest absolute Gasteiger partial charge is 0.383 e. The molecule has 1 aromatic rings. The molecule has 4 nitrogen and oxygen atoms in total. The molecule has 3 N–H and O–H groups in total. The summed E-state index contributed by atoms with van der Waals surface area (Å²) in [6, 6.07) is 8.72. The number of nitrogens with one attached hydrogen (secondary N) is 1. The highest BCUT2D eigenvalue weighted by atomic mass is 127. The Labute approximate surface area is 145 Å². The molecule has 1 aromatic carbocycles. The minimum atomic E-state index is -0.0372. The Hall–Kier alpha value is -0.820. The summed E-state index contributed by atoms with van der Waals surface area (Å²) in [5.74, 6) is 0.467. The number of methoxy groups -OCH3 is 1. The molecule has 0 saturated carbocycles. The van der Waals surface area contributed by atoms with Gasteiger partial charge in [-0.2, -0.15) is 0 Å². The molecule has 5 heteroatoms. The van der Waals surface area contributed by atoms with E-state index in [9.17, 15) is 0 Å². The molecule has 0 radical (unpaired) electrons. The lowest BCUT2D eigenvalue weighted by Crippen LogP contribution is -2.41. The van der Waals surface area contributed by atoms with Crippen LogP contribution in [0.1, 0.15) is 31.9 Å². The number of ether oxygens (including phenoxy) is 1. The molecule has 0 aliphatic rings. The van der Waals surface area contributed by atoms with E-state index in [-0.39, 0.29) is 35.4 Å². The SMILES string of the molecule is COCC(C)NC(N)=NCC(C)(C)c1ccc(C)cc1.I. The highest BCUT2D eigenvalue weighted by Gasteiger charge is 2.20. The predicted octanol–water partition coefficient (Wildman–Crippen LogP) is 2.83. The fourth-order valence-electron chi connectivity index (χ4n) is 1.97. The maximum atomic E-state index is 5.90. The molecular weight excluding hydrogens is 377 g/mol. The fourth-order valence-corrected chi connectivity index (χ4v) is 1.97. The fraction of sp³-hybridized carbons (Fsp3) is 0.562. The zero-order valence-corrected chi connectivity index (χ0v) is 16.0. The molecule has 0 spiro atoms. The summed E-state index contributed by atoms with van der Waals surface area (Å²) in [5, 5.41) is 3.12. The molecule has 1 atom stereocenters. The van der Waals surface area contributed by atoms with E-state index < -0.39 is 0 Å². The van der Waals surface area contributed by atoms with Gasteiger partial charge in [-0.15, -0.1) is 24.0 Å². The van der Waals surface area contributed by atoms with Crippen molar-refractivity contribution in [3.8, 4) is 0 Å². The van der Waals surface area contributed by atoms with Crippen LogP contribution in [-0.2, 0) is 10.2 Å². The monoisotopic (exact) mass is 405 g/mol. The zero-order valence-electron chi connectivity index (χ0n) is 13.6. The lowest BCUT2D eigenvalue weighted by atomic mass is 9.84. The standard InChI is InChI=1S/C16H27N3O.HI/c1-12-6-8-14(9-7-12)16(3,4)11-18-15(17)19-13(2)10-20-5;/h6-9,13H,10-11H2,1-5H3,(H3,17,18,19);1H. The van der Waals surface area contributed by atoms with E-state index in [1.165, 1.54) is 11.1 Å². The Morgan fingerprint density at radius 1 is 1.33 bits per heavy atom. The maximum absolute atomic E-state index is 5.90. The highest BCUT2D eigenvalue weighted by molar-refractivity contribution is 14.0. The molecule has 21 heavy (non-hydrogen) atoms. The van der Waals surface area contributed by atoms with Crippen molar-refractivity contribution in [1.29, 1.82) is 0 Å². The van der Waals surface area contributed by atoms with Gasteiger partial charge < -0.3 is 15.8 Å². The van der Waals surface area contributed by atoms with Crippen molar-refractivity contribution in [2.24, 2.45) is 10.7 Å². The number of hydrogen-bond donors (Lipinski definition) is 2. The van der Waals surface area contributed by atoms with Crippen LogP contribution in [0.4, 0.5) is 0 Å². The highest BCUT2D eigenvalue weighted by Crippen LogP contribution is 2.23. The van der Waals surface area contributed by atoms with Crippen LogP contribution >= 0.6 is 24.0 Å². The Balaban J connectivity index is 0.00000400. The van der Waals surface area contributed by atoms with Crippen LogP contribution in [0, 0.1) is 6.92 Å². The molecule has 0 amide bonds. The number of rotatable bonds is 6. The van der Waals surface area contributed by atoms with Crippen LogP contribution in [-0.4, -0.2) is 32.3 Å². The molecule has 0 aromatic heterocycles. The quantitative estimate of drug-likeness (QED) is 0.435. The number of nitrogens with zero attached hydrogens (tertiary/aromatic N) is 1. The summed E-state index contributed by atoms with van der Waals surface area (Å²) in [5.41, 5.74) is 8.39. The lowest BCUT2D eigenvalue weighted by molar-refractivity contribution is 0.179. The molecule has 1 rings (SSSR count). The van der Waals surface area contributed by atoms with Gasteiger partial charge in [0, 0.05) is 18.6 Å². The van der Waals surface area contributed by atoms with Crippen molar-refractivity contribution < 1.29 is 4.74 Å². The van der Waals surface area contributed by atoms with Gasteiger partial charge in [0.25, 0.3) is 0 Å². The first-order valence-corrected chi connectivity index (χ1v) is 6.97. The summed E-state index contributed by atoms with van der Waals surface area (Å²) in [4.78, 5) is 4.44. The van der Waals surface area contributed by atoms with Crippen molar-refractivity contribution in [3.05, 3.63) is 35.4 Å². The molecule has 0 fully saturated rings. The number of benzene rings is 1. The second-order valence-electron chi connectivity index (χ2n) is 5.95. The van der Waals surface area contributed by atoms with Crippen LogP contribution < -0.4 is 11.1 Å². The zero-order chi connectivity index (χ0) is 15.2. The minimum Gasteiger partial charge on any atom is -0.383 e. The molecule has 1 unspecified atom stereocenters. The summed E-state index contributed by atoms with van der Waals surface area (Å²) in [6.45, 7) is 9.71. The van der Waals surface area contributed by atoms with Crippen LogP contribution in [0.3, 0.4) is 0 Å². The lowest BCUT2D eigenvalue weighted by Gasteiger charge is -2.24. The Morgan fingerprint density at radius 3 is 2.43 bits per heavy atom. The third-order valence-corrected chi connectivity index (χ3v) is 3.29. The molecule has 0 aliphatic carbocycles. The summed E-state index contributed by atoms with van der Waals surface area (Å²) >= 11 is 0. The first kappa shape index (κ1) is 20.2. The van der Waals surface area contributed by atoms with Gasteiger partial charge in [0.05, 0.1) is 13.2 Å². The van der Waals surface area contributed by atoms with Gasteiger partial charge in [0.2, 0.25) is 0 Å². The number of aliphatic imine (C=N–C) groups is 1. The third-order valence-electron chi connectivity index (χ3n) is 3.29. The van der Waals surface area contributed by atoms with Crippen molar-refractivity contribution in [1.82, 2.24) is 5.32 Å². The first-order valence-electron chi connectivity index (χ1n) is 6.97. The van der Waals surface area contributed by atoms with E-state index in [0.717, 1.165) is 0 Å². The number of aryl methyl sites for hydroxylation is 1. The Bertz CT molecular complexity index is 443. The Morgan fingerprint density at radius 2 is 1.90 bits per heavy atom. The van der Waals surface area contributed by atoms with Gasteiger partial charge in [-0.05, 0) is 19.4 Å². The van der Waals surface area contributed by atoms with Crippen LogP contribution in [0.25, 0.3) is 0 Å². The topological polar surface area (TPSA) is 59.6 Å². The smallest absolute Gasteiger partial charge is 0.188 e. The van der Waals surface area contributed by atoms with E-state index in [2.05, 4.69) is 55.3 Å². The van der Waals surface area contributed by atoms with Gasteiger partial charge in [-0.3, -0.25) is 4.99 Å². The summed E-state index contributed by atoms with van der Waals surface area (Å²) in [6.07, 6.45) is 0. The molecule has 0 aliphatic heterocycles. The average molecular weight is 405 g/mol. The average Bonchev–Trinajstić information content (AvgIpc) is 2.37. The minimum absolute atomic E-state index is 0. The van der Waals surface area contributed by atoms with E-state index in [1.807, 2.05) is 6.92 Å². The summed E-state index contributed by atoms with van der Waals surface area (Å²) < 4.78 is 5.06. The van der Waals surface area contributed by atoms with Gasteiger partial charge in [-0.1, -0.05) is 43.7 Å². The van der Waals surface area contributed by atoms with Gasteiger partial charge >= 0.3 is 0 Å². The van der Waals surface area contributed by atoms with E-state index in [1.54, 1.807) is 7.11 Å². The predicted molar refractivity (Wildman–Crippen MR) is 101 cm³/mol. The molecule has 120 valence electrons. The van der Waals surface area contributed by atoms with Crippen LogP contribution in [0.15, 0.2) is 29.3 Å². The number of nitrogens with two attached hydrogens (primary N) is 1. The van der Waals surface area contributed by atoms with Crippen molar-refractivity contribution >= 4 is 29.9 Å². The first-order chi connectivity index (χ1) is 9.35. The normalized spacial score (nSPS) is 13.5. The van der Waals surface area contributed by atoms with Gasteiger partial charge in [0.15, 0.2) is 5.96 Å². The molecule has 0 bridgehead atoms. The molecule has 0 saturated heterocycles. The van der Waals surface area contributed by atoms with Crippen molar-refractivity contribution in [3.63, 3.8) is 0 Å². The third kappa shape index (κ3) is 7.13. The van der Waals surface area contributed by atoms with Gasteiger partial charge in [-0.25, -0.2) is 0 Å². The van der Waals surface area contributed by atoms with Crippen LogP contribution in [0.2, 0.25) is 0 Å². The number of guanidine groups is 1. The summed E-state index contributed by atoms with van der Waals surface area (Å²) in [7, 11) is 1.67. The van der Waals surface area contributed by atoms with Gasteiger partial charge in [0.1, 0.15) is 0 Å². The maximum Gasteiger partial charge on any atom is 0.188 e. The molecule has 0 heterocycles. The number of halogens is 1. The second-order valence-corrected chi connectivity index (χ2v) is 5.95. The van der Waals surface area contributed by atoms with Crippen LogP contribution in [0.5, 0.6) is 0 Å². The van der Waals surface area contributed by atoms with E-state index in [4.69, 9.17) is 10.5 Å². The second kappa shape index (κ2) is 9.25. The van der Waals surface area contributed by atoms with Crippen molar-refractivity contribution in [2.45, 2.75) is 39.2 Å². The number of hydrogen-bond acceptors (Lipinski definition) is 2. The van der Waals surface area contributed by atoms with E-state index >= 15 is 0 Å². The van der Waals surface area contributed by atoms with E-state index in [0.29, 0.717) is 19.1 Å².